The van der Waals surface area contributed by atoms with Gasteiger partial charge in [-0.05, 0) is 30.9 Å². The Morgan fingerprint density at radius 2 is 2.33 bits per heavy atom. The number of carbonyl (C=O) groups excluding carboxylic acids is 1. The zero-order valence-electron chi connectivity index (χ0n) is 11.8. The minimum Gasteiger partial charge on any atom is -0.346 e. The number of thioether (sulfide) groups is 1. The quantitative estimate of drug-likeness (QED) is 0.751. The van der Waals surface area contributed by atoms with Crippen LogP contribution in [0.4, 0.5) is 0 Å². The maximum atomic E-state index is 12.3. The fourth-order valence-corrected chi connectivity index (χ4v) is 3.26. The normalized spacial score (nSPS) is 11.0. The number of imidazole rings is 1. The van der Waals surface area contributed by atoms with E-state index in [1.807, 2.05) is 53.6 Å². The molecule has 0 unspecified atom stereocenters. The summed E-state index contributed by atoms with van der Waals surface area (Å²) in [4.78, 5) is 18.8. The van der Waals surface area contributed by atoms with Gasteiger partial charge in [0.1, 0.15) is 0 Å². The van der Waals surface area contributed by atoms with Gasteiger partial charge in [0.25, 0.3) is 5.91 Å². The third kappa shape index (κ3) is 2.96. The van der Waals surface area contributed by atoms with E-state index < -0.39 is 0 Å². The summed E-state index contributed by atoms with van der Waals surface area (Å²) >= 11 is 3.22. The van der Waals surface area contributed by atoms with Gasteiger partial charge in [-0.3, -0.25) is 9.20 Å². The topological polar surface area (TPSA) is 46.4 Å². The summed E-state index contributed by atoms with van der Waals surface area (Å²) in [6.07, 6.45) is 5.91. The van der Waals surface area contributed by atoms with Crippen LogP contribution < -0.4 is 5.32 Å². The molecule has 6 heteroatoms. The zero-order valence-corrected chi connectivity index (χ0v) is 13.4. The van der Waals surface area contributed by atoms with Crippen LogP contribution in [0.2, 0.25) is 0 Å². The number of amides is 1. The lowest BCUT2D eigenvalue weighted by atomic mass is 10.1. The molecule has 0 atom stereocenters. The van der Waals surface area contributed by atoms with Crippen molar-refractivity contribution in [3.63, 3.8) is 0 Å². The van der Waals surface area contributed by atoms with Crippen molar-refractivity contribution in [2.75, 3.05) is 6.26 Å². The highest BCUT2D eigenvalue weighted by Crippen LogP contribution is 2.19. The lowest BCUT2D eigenvalue weighted by molar-refractivity contribution is 0.0949. The van der Waals surface area contributed by atoms with Crippen molar-refractivity contribution in [1.82, 2.24) is 14.7 Å². The van der Waals surface area contributed by atoms with E-state index >= 15 is 0 Å². The highest BCUT2D eigenvalue weighted by molar-refractivity contribution is 7.98. The van der Waals surface area contributed by atoms with Gasteiger partial charge >= 0.3 is 0 Å². The summed E-state index contributed by atoms with van der Waals surface area (Å²) in [5.74, 6) is -0.0558. The van der Waals surface area contributed by atoms with Crippen LogP contribution in [0, 0.1) is 6.92 Å². The molecule has 3 rings (SSSR count). The molecule has 1 N–H and O–H groups in total. The van der Waals surface area contributed by atoms with Crippen LogP contribution in [-0.4, -0.2) is 21.5 Å². The number of benzene rings is 1. The number of nitrogens with zero attached hydrogens (tertiary/aromatic N) is 2. The lowest BCUT2D eigenvalue weighted by Gasteiger charge is -2.08. The summed E-state index contributed by atoms with van der Waals surface area (Å²) in [6, 6.07) is 5.94. The number of nitrogens with one attached hydrogen (secondary N) is 1. The smallest absolute Gasteiger partial charge is 0.251 e. The third-order valence-corrected chi connectivity index (χ3v) is 4.76. The summed E-state index contributed by atoms with van der Waals surface area (Å²) in [5.41, 5.74) is 2.58. The Balaban J connectivity index is 1.72. The minimum absolute atomic E-state index is 0.0558. The fraction of sp³-hybridized carbons (Fsp3) is 0.200. The van der Waals surface area contributed by atoms with Crippen molar-refractivity contribution in [1.29, 1.82) is 0 Å². The summed E-state index contributed by atoms with van der Waals surface area (Å²) in [5, 5.41) is 4.93. The average Bonchev–Trinajstić information content (AvgIpc) is 3.06. The fourth-order valence-electron chi connectivity index (χ4n) is 2.10. The zero-order chi connectivity index (χ0) is 14.8. The minimum atomic E-state index is -0.0558. The number of fused-ring (bicyclic) bond motifs is 1. The van der Waals surface area contributed by atoms with E-state index in [2.05, 4.69) is 10.3 Å². The molecule has 0 fully saturated rings. The Labute approximate surface area is 131 Å². The molecule has 2 heterocycles. The first-order valence-electron chi connectivity index (χ1n) is 6.51. The summed E-state index contributed by atoms with van der Waals surface area (Å²) < 4.78 is 1.96. The number of thiazole rings is 1. The molecule has 108 valence electrons. The second-order valence-electron chi connectivity index (χ2n) is 4.69. The van der Waals surface area contributed by atoms with Gasteiger partial charge in [0.15, 0.2) is 4.96 Å². The second kappa shape index (κ2) is 5.91. The number of aryl methyl sites for hydroxylation is 1. The van der Waals surface area contributed by atoms with Gasteiger partial charge in [0.05, 0.1) is 12.2 Å². The van der Waals surface area contributed by atoms with Crippen LogP contribution in [0.25, 0.3) is 4.96 Å². The van der Waals surface area contributed by atoms with Gasteiger partial charge < -0.3 is 5.32 Å². The summed E-state index contributed by atoms with van der Waals surface area (Å²) in [6.45, 7) is 2.39. The molecule has 0 aliphatic heterocycles. The van der Waals surface area contributed by atoms with Gasteiger partial charge in [0.2, 0.25) is 0 Å². The molecule has 0 saturated carbocycles. The van der Waals surface area contributed by atoms with E-state index in [1.54, 1.807) is 23.1 Å². The highest BCUT2D eigenvalue weighted by Gasteiger charge is 2.11. The Bertz CT molecular complexity index is 763. The Morgan fingerprint density at radius 3 is 3.10 bits per heavy atom. The first-order valence-corrected chi connectivity index (χ1v) is 8.62. The monoisotopic (exact) mass is 317 g/mol. The van der Waals surface area contributed by atoms with Crippen LogP contribution in [0.3, 0.4) is 0 Å². The molecule has 4 nitrogen and oxygen atoms in total. The number of carbonyl (C=O) groups is 1. The van der Waals surface area contributed by atoms with E-state index in [9.17, 15) is 4.79 Å². The molecule has 0 saturated heterocycles. The number of rotatable bonds is 4. The highest BCUT2D eigenvalue weighted by atomic mass is 32.2. The first-order chi connectivity index (χ1) is 10.2. The van der Waals surface area contributed by atoms with Gasteiger partial charge in [-0.1, -0.05) is 6.07 Å². The number of aromatic nitrogens is 2. The van der Waals surface area contributed by atoms with Crippen LogP contribution in [0.1, 0.15) is 21.6 Å². The van der Waals surface area contributed by atoms with E-state index in [4.69, 9.17) is 0 Å². The van der Waals surface area contributed by atoms with Crippen molar-refractivity contribution in [2.24, 2.45) is 0 Å². The molecule has 0 aliphatic carbocycles. The molecular weight excluding hydrogens is 302 g/mol. The van der Waals surface area contributed by atoms with Crippen LogP contribution >= 0.6 is 23.1 Å². The average molecular weight is 317 g/mol. The Kier molecular flexibility index (Phi) is 3.98. The molecule has 1 amide bonds. The van der Waals surface area contributed by atoms with Crippen LogP contribution in [0.15, 0.2) is 40.9 Å². The SMILES string of the molecule is CSc1ccc(C)c(C(=O)NCc2cn3ccsc3n2)c1. The molecule has 21 heavy (non-hydrogen) atoms. The van der Waals surface area contributed by atoms with E-state index in [-0.39, 0.29) is 5.91 Å². The second-order valence-corrected chi connectivity index (χ2v) is 6.44. The van der Waals surface area contributed by atoms with Gasteiger partial charge in [-0.2, -0.15) is 0 Å². The van der Waals surface area contributed by atoms with E-state index in [1.165, 1.54) is 0 Å². The summed E-state index contributed by atoms with van der Waals surface area (Å²) in [7, 11) is 0. The molecule has 0 spiro atoms. The van der Waals surface area contributed by atoms with Crippen molar-refractivity contribution in [3.8, 4) is 0 Å². The van der Waals surface area contributed by atoms with Crippen molar-refractivity contribution in [3.05, 3.63) is 52.8 Å². The molecule has 2 aromatic heterocycles. The van der Waals surface area contributed by atoms with Crippen molar-refractivity contribution < 1.29 is 4.79 Å². The maximum absolute atomic E-state index is 12.3. The maximum Gasteiger partial charge on any atom is 0.251 e. The van der Waals surface area contributed by atoms with Crippen molar-refractivity contribution >= 4 is 34.0 Å². The predicted octanol–water partition coefficient (Wildman–Crippen LogP) is 3.36. The molecular formula is C15H15N3OS2. The standard InChI is InChI=1S/C15H15N3OS2/c1-10-3-4-12(20-2)7-13(10)14(19)16-8-11-9-18-5-6-21-15(18)17-11/h3-7,9H,8H2,1-2H3,(H,16,19). The molecule has 1 aromatic carbocycles. The third-order valence-electron chi connectivity index (χ3n) is 3.26. The molecule has 0 bridgehead atoms. The predicted molar refractivity (Wildman–Crippen MR) is 87.2 cm³/mol. The Hall–Kier alpha value is -1.79. The van der Waals surface area contributed by atoms with E-state index in [0.717, 1.165) is 26.7 Å². The van der Waals surface area contributed by atoms with Crippen LogP contribution in [-0.2, 0) is 6.54 Å². The largest absolute Gasteiger partial charge is 0.346 e. The number of hydrogen-bond acceptors (Lipinski definition) is 4. The van der Waals surface area contributed by atoms with Crippen LogP contribution in [0.5, 0.6) is 0 Å². The Morgan fingerprint density at radius 1 is 1.48 bits per heavy atom. The van der Waals surface area contributed by atoms with Gasteiger partial charge in [-0.25, -0.2) is 4.98 Å². The van der Waals surface area contributed by atoms with E-state index in [0.29, 0.717) is 6.54 Å². The van der Waals surface area contributed by atoms with Gasteiger partial charge in [0, 0.05) is 28.2 Å². The lowest BCUT2D eigenvalue weighted by Crippen LogP contribution is -2.23. The molecule has 3 aromatic rings. The first kappa shape index (κ1) is 14.2. The molecule has 0 aliphatic rings. The van der Waals surface area contributed by atoms with Gasteiger partial charge in [-0.15, -0.1) is 23.1 Å². The number of hydrogen-bond donors (Lipinski definition) is 1. The van der Waals surface area contributed by atoms with Crippen molar-refractivity contribution in [2.45, 2.75) is 18.4 Å². The molecule has 0 radical (unpaired) electrons.